The molecule has 4 rings (SSSR count). The average Bonchev–Trinajstić information content (AvgIpc) is 3.48. The second-order valence-corrected chi connectivity index (χ2v) is 8.00. The zero-order chi connectivity index (χ0) is 23.2. The number of benzene rings is 2. The lowest BCUT2D eigenvalue weighted by Crippen LogP contribution is -2.50. The zero-order valence-electron chi connectivity index (χ0n) is 17.6. The van der Waals surface area contributed by atoms with Crippen molar-refractivity contribution in [1.29, 1.82) is 0 Å². The summed E-state index contributed by atoms with van der Waals surface area (Å²) in [4.78, 5) is 38.6. The summed E-state index contributed by atoms with van der Waals surface area (Å²) in [6.07, 6.45) is 1.64. The Kier molecular flexibility index (Phi) is 6.80. The van der Waals surface area contributed by atoms with E-state index in [-0.39, 0.29) is 29.9 Å². The number of carbonyl (C=O) groups excluding carboxylic acids is 3. The summed E-state index contributed by atoms with van der Waals surface area (Å²) in [6.45, 7) is 0.598. The van der Waals surface area contributed by atoms with Crippen LogP contribution < -0.4 is 16.2 Å². The van der Waals surface area contributed by atoms with Gasteiger partial charge in [-0.25, -0.2) is 0 Å². The molecule has 168 valence electrons. The molecule has 1 aliphatic rings. The molecular weight excluding hydrogens is 440 g/mol. The van der Waals surface area contributed by atoms with Crippen LogP contribution in [0.3, 0.4) is 0 Å². The maximum Gasteiger partial charge on any atom is 0.257 e. The van der Waals surface area contributed by atoms with E-state index in [0.29, 0.717) is 17.9 Å². The first kappa shape index (κ1) is 22.2. The van der Waals surface area contributed by atoms with Crippen LogP contribution in [0.15, 0.2) is 77.4 Å². The van der Waals surface area contributed by atoms with Crippen molar-refractivity contribution >= 4 is 35.1 Å². The van der Waals surface area contributed by atoms with Gasteiger partial charge in [0.1, 0.15) is 5.76 Å². The molecule has 1 saturated heterocycles. The molecule has 0 bridgehead atoms. The van der Waals surface area contributed by atoms with Gasteiger partial charge in [0.2, 0.25) is 11.8 Å². The molecule has 3 aromatic rings. The van der Waals surface area contributed by atoms with Crippen LogP contribution in [0.4, 0.5) is 0 Å². The van der Waals surface area contributed by atoms with Gasteiger partial charge in [-0.2, -0.15) is 0 Å². The molecule has 2 heterocycles. The number of nitrogens with zero attached hydrogens (tertiary/aromatic N) is 1. The van der Waals surface area contributed by atoms with Gasteiger partial charge in [-0.05, 0) is 47.6 Å². The Balaban J connectivity index is 1.24. The Morgan fingerprint density at radius 2 is 1.70 bits per heavy atom. The second kappa shape index (κ2) is 10.1. The van der Waals surface area contributed by atoms with Crippen molar-refractivity contribution in [2.24, 2.45) is 5.92 Å². The minimum Gasteiger partial charge on any atom is -0.467 e. The molecule has 0 aliphatic carbocycles. The van der Waals surface area contributed by atoms with E-state index in [1.54, 1.807) is 29.2 Å². The van der Waals surface area contributed by atoms with Crippen LogP contribution in [0.5, 0.6) is 0 Å². The fraction of sp³-hybridized carbons (Fsp3) is 0.167. The van der Waals surface area contributed by atoms with E-state index in [9.17, 15) is 14.4 Å². The SMILES string of the molecule is O=C(NC(=S)NNC(=O)C1CC(=O)N(Cc2ccco2)C1)c1ccc(-c2ccccc2)cc1. The normalized spacial score (nSPS) is 15.2. The van der Waals surface area contributed by atoms with Gasteiger partial charge in [0.15, 0.2) is 5.11 Å². The summed E-state index contributed by atoms with van der Waals surface area (Å²) in [7, 11) is 0. The van der Waals surface area contributed by atoms with Crippen molar-refractivity contribution in [1.82, 2.24) is 21.1 Å². The highest BCUT2D eigenvalue weighted by Gasteiger charge is 2.34. The van der Waals surface area contributed by atoms with Gasteiger partial charge in [-0.15, -0.1) is 0 Å². The molecule has 0 spiro atoms. The van der Waals surface area contributed by atoms with Gasteiger partial charge in [0.05, 0.1) is 18.7 Å². The highest BCUT2D eigenvalue weighted by atomic mass is 32.1. The average molecular weight is 463 g/mol. The number of furan rings is 1. The maximum absolute atomic E-state index is 12.4. The molecule has 3 N–H and O–H groups in total. The van der Waals surface area contributed by atoms with Crippen LogP contribution in [0, 0.1) is 5.92 Å². The first-order valence-electron chi connectivity index (χ1n) is 10.4. The van der Waals surface area contributed by atoms with Crippen molar-refractivity contribution in [3.63, 3.8) is 0 Å². The number of carbonyl (C=O) groups is 3. The number of likely N-dealkylation sites (tertiary alicyclic amines) is 1. The lowest BCUT2D eigenvalue weighted by molar-refractivity contribution is -0.129. The first-order valence-corrected chi connectivity index (χ1v) is 10.8. The summed E-state index contributed by atoms with van der Waals surface area (Å²) in [5.74, 6) is -0.773. The van der Waals surface area contributed by atoms with Crippen LogP contribution in [-0.4, -0.2) is 34.3 Å². The Bertz CT molecular complexity index is 1150. The van der Waals surface area contributed by atoms with Gasteiger partial charge in [-0.3, -0.25) is 30.6 Å². The van der Waals surface area contributed by atoms with Crippen molar-refractivity contribution in [2.75, 3.05) is 6.54 Å². The van der Waals surface area contributed by atoms with Crippen molar-refractivity contribution in [2.45, 2.75) is 13.0 Å². The van der Waals surface area contributed by atoms with Crippen LogP contribution in [-0.2, 0) is 16.1 Å². The van der Waals surface area contributed by atoms with E-state index in [2.05, 4.69) is 16.2 Å². The van der Waals surface area contributed by atoms with E-state index in [1.807, 2.05) is 42.5 Å². The predicted molar refractivity (Wildman–Crippen MR) is 125 cm³/mol. The number of hydrogen-bond acceptors (Lipinski definition) is 5. The van der Waals surface area contributed by atoms with Gasteiger partial charge < -0.3 is 9.32 Å². The minimum absolute atomic E-state index is 0.0442. The molecule has 1 atom stereocenters. The summed E-state index contributed by atoms with van der Waals surface area (Å²) in [5, 5.41) is 2.48. The molecule has 0 saturated carbocycles. The number of rotatable bonds is 5. The van der Waals surface area contributed by atoms with Crippen LogP contribution >= 0.6 is 12.2 Å². The largest absolute Gasteiger partial charge is 0.467 e. The van der Waals surface area contributed by atoms with E-state index in [1.165, 1.54) is 6.26 Å². The third kappa shape index (κ3) is 5.64. The van der Waals surface area contributed by atoms with Crippen molar-refractivity contribution < 1.29 is 18.8 Å². The molecule has 1 aliphatic heterocycles. The number of thiocarbonyl (C=S) groups is 1. The summed E-state index contributed by atoms with van der Waals surface area (Å²) in [6, 6.07) is 20.5. The number of amides is 3. The molecule has 3 amide bonds. The molecule has 1 unspecified atom stereocenters. The summed E-state index contributed by atoms with van der Waals surface area (Å²) < 4.78 is 5.26. The predicted octanol–water partition coefficient (Wildman–Crippen LogP) is 2.63. The fourth-order valence-corrected chi connectivity index (χ4v) is 3.71. The number of hydrazine groups is 1. The van der Waals surface area contributed by atoms with E-state index >= 15 is 0 Å². The highest BCUT2D eigenvalue weighted by Crippen LogP contribution is 2.21. The molecule has 1 aromatic heterocycles. The molecule has 1 fully saturated rings. The highest BCUT2D eigenvalue weighted by molar-refractivity contribution is 7.80. The molecule has 9 heteroatoms. The Morgan fingerprint density at radius 1 is 0.970 bits per heavy atom. The Labute approximate surface area is 195 Å². The van der Waals surface area contributed by atoms with Crippen LogP contribution in [0.25, 0.3) is 11.1 Å². The van der Waals surface area contributed by atoms with Crippen LogP contribution in [0.1, 0.15) is 22.5 Å². The standard InChI is InChI=1S/C24H22N4O4S/c29-21-13-19(14-28(21)15-20-7-4-12-32-20)23(31)26-27-24(33)25-22(30)18-10-8-17(9-11-18)16-5-2-1-3-6-16/h1-12,19H,13-15H2,(H,26,31)(H2,25,27,30,33). The summed E-state index contributed by atoms with van der Waals surface area (Å²) >= 11 is 5.10. The molecule has 8 nitrogen and oxygen atoms in total. The second-order valence-electron chi connectivity index (χ2n) is 7.60. The topological polar surface area (TPSA) is 104 Å². The van der Waals surface area contributed by atoms with Gasteiger partial charge >= 0.3 is 0 Å². The van der Waals surface area contributed by atoms with Crippen molar-refractivity contribution in [3.05, 3.63) is 84.3 Å². The van der Waals surface area contributed by atoms with E-state index in [0.717, 1.165) is 11.1 Å². The molecule has 2 aromatic carbocycles. The monoisotopic (exact) mass is 462 g/mol. The smallest absolute Gasteiger partial charge is 0.257 e. The minimum atomic E-state index is -0.524. The maximum atomic E-state index is 12.4. The lowest BCUT2D eigenvalue weighted by atomic mass is 10.0. The van der Waals surface area contributed by atoms with E-state index in [4.69, 9.17) is 16.6 Å². The molecule has 33 heavy (non-hydrogen) atoms. The third-order valence-electron chi connectivity index (χ3n) is 5.29. The quantitative estimate of drug-likeness (QED) is 0.398. The molecule has 0 radical (unpaired) electrons. The van der Waals surface area contributed by atoms with E-state index < -0.39 is 11.8 Å². The first-order chi connectivity index (χ1) is 16.0. The summed E-state index contributed by atoms with van der Waals surface area (Å²) in [5.41, 5.74) is 7.47. The van der Waals surface area contributed by atoms with Gasteiger partial charge in [0, 0.05) is 18.5 Å². The van der Waals surface area contributed by atoms with Crippen molar-refractivity contribution in [3.8, 4) is 11.1 Å². The number of nitrogens with one attached hydrogen (secondary N) is 3. The fourth-order valence-electron chi connectivity index (χ4n) is 3.56. The van der Waals surface area contributed by atoms with Gasteiger partial charge in [-0.1, -0.05) is 42.5 Å². The van der Waals surface area contributed by atoms with Crippen LogP contribution in [0.2, 0.25) is 0 Å². The third-order valence-corrected chi connectivity index (χ3v) is 5.50. The Hall–Kier alpha value is -3.98. The lowest BCUT2D eigenvalue weighted by Gasteiger charge is -2.16. The zero-order valence-corrected chi connectivity index (χ0v) is 18.4. The number of hydrogen-bond donors (Lipinski definition) is 3. The Morgan fingerprint density at radius 3 is 2.39 bits per heavy atom. The van der Waals surface area contributed by atoms with Gasteiger partial charge in [0.25, 0.3) is 5.91 Å². The molecular formula is C24H22N4O4S.